The second-order valence-electron chi connectivity index (χ2n) is 9.07. The van der Waals surface area contributed by atoms with Gasteiger partial charge in [-0.15, -0.1) is 0 Å². The van der Waals surface area contributed by atoms with Crippen LogP contribution in [0.3, 0.4) is 0 Å². The quantitative estimate of drug-likeness (QED) is 0.461. The summed E-state index contributed by atoms with van der Waals surface area (Å²) in [6.45, 7) is 8.12. The van der Waals surface area contributed by atoms with E-state index in [1.165, 1.54) is 12.1 Å². The minimum atomic E-state index is -0.664. The van der Waals surface area contributed by atoms with Gasteiger partial charge < -0.3 is 25.5 Å². The van der Waals surface area contributed by atoms with Gasteiger partial charge in [-0.3, -0.25) is 0 Å². The highest BCUT2D eigenvalue weighted by molar-refractivity contribution is 5.71. The van der Waals surface area contributed by atoms with Crippen LogP contribution in [-0.4, -0.2) is 25.5 Å². The molecule has 1 atom stereocenters. The Bertz CT molecular complexity index is 958. The highest BCUT2D eigenvalue weighted by Crippen LogP contribution is 2.67. The van der Waals surface area contributed by atoms with Gasteiger partial charge in [0.25, 0.3) is 0 Å². The Hall–Kier alpha value is -2.56. The van der Waals surface area contributed by atoms with Crippen LogP contribution in [-0.2, 0) is 16.2 Å². The maximum atomic E-state index is 10.7. The molecule has 0 fully saturated rings. The van der Waals surface area contributed by atoms with E-state index in [9.17, 15) is 25.5 Å². The lowest BCUT2D eigenvalue weighted by molar-refractivity contribution is 0.335. The van der Waals surface area contributed by atoms with Crippen LogP contribution in [0.5, 0.6) is 28.7 Å². The Labute approximate surface area is 152 Å². The summed E-state index contributed by atoms with van der Waals surface area (Å²) >= 11 is 0. The summed E-state index contributed by atoms with van der Waals surface area (Å²) in [6, 6.07) is 4.83. The molecular weight excluding hydrogens is 332 g/mol. The van der Waals surface area contributed by atoms with E-state index in [0.717, 1.165) is 5.56 Å². The van der Waals surface area contributed by atoms with Crippen LogP contribution < -0.4 is 0 Å². The molecule has 0 aliphatic heterocycles. The summed E-state index contributed by atoms with van der Waals surface area (Å²) in [4.78, 5) is 0. The summed E-state index contributed by atoms with van der Waals surface area (Å²) in [5.41, 5.74) is 1.47. The van der Waals surface area contributed by atoms with Crippen LogP contribution >= 0.6 is 0 Å². The van der Waals surface area contributed by atoms with Gasteiger partial charge >= 0.3 is 0 Å². The minimum absolute atomic E-state index is 0.149. The predicted molar refractivity (Wildman–Crippen MR) is 97.3 cm³/mol. The number of hydrogen-bond acceptors (Lipinski definition) is 5. The van der Waals surface area contributed by atoms with E-state index in [1.807, 2.05) is 19.9 Å². The average Bonchev–Trinajstić information content (AvgIpc) is 2.87. The second-order valence-corrected chi connectivity index (χ2v) is 9.07. The standard InChI is InChI=1S/C21H24O5/c1-19(2)8-21(15-10(19)5-6-12(22)16(15)24)9-20(3,4)14-11(21)7-13(23)17(25)18(14)26/h5-7,22-26H,8-9H2,1-4H3/t21-/m1/s1. The number of phenolic OH excluding ortho intramolecular Hbond substituents is 5. The molecule has 5 nitrogen and oxygen atoms in total. The summed E-state index contributed by atoms with van der Waals surface area (Å²) < 4.78 is 0. The lowest BCUT2D eigenvalue weighted by Crippen LogP contribution is -2.27. The van der Waals surface area contributed by atoms with E-state index in [-0.39, 0.29) is 28.4 Å². The number of hydrogen-bond donors (Lipinski definition) is 5. The van der Waals surface area contributed by atoms with Gasteiger partial charge in [0.15, 0.2) is 23.0 Å². The van der Waals surface area contributed by atoms with Crippen molar-refractivity contribution in [1.29, 1.82) is 0 Å². The number of phenols is 5. The lowest BCUT2D eigenvalue weighted by Gasteiger charge is -2.30. The number of rotatable bonds is 0. The Morgan fingerprint density at radius 3 is 1.92 bits per heavy atom. The molecule has 1 spiro atoms. The molecule has 0 aromatic heterocycles. The Balaban J connectivity index is 2.14. The number of benzene rings is 2. The van der Waals surface area contributed by atoms with E-state index in [1.54, 1.807) is 0 Å². The third-order valence-corrected chi connectivity index (χ3v) is 6.30. The molecule has 0 radical (unpaired) electrons. The van der Waals surface area contributed by atoms with Gasteiger partial charge in [-0.1, -0.05) is 33.8 Å². The molecular formula is C21H24O5. The molecule has 0 heterocycles. The smallest absolute Gasteiger partial charge is 0.200 e. The number of fused-ring (bicyclic) bond motifs is 4. The van der Waals surface area contributed by atoms with Crippen molar-refractivity contribution in [2.45, 2.75) is 56.8 Å². The molecule has 0 unspecified atom stereocenters. The van der Waals surface area contributed by atoms with Crippen LogP contribution in [0.4, 0.5) is 0 Å². The van der Waals surface area contributed by atoms with Crippen molar-refractivity contribution in [3.8, 4) is 28.7 Å². The van der Waals surface area contributed by atoms with Gasteiger partial charge in [-0.25, -0.2) is 0 Å². The van der Waals surface area contributed by atoms with Crippen molar-refractivity contribution in [2.75, 3.05) is 0 Å². The van der Waals surface area contributed by atoms with Crippen molar-refractivity contribution >= 4 is 0 Å². The van der Waals surface area contributed by atoms with Gasteiger partial charge in [0.1, 0.15) is 0 Å². The molecule has 2 aliphatic carbocycles. The van der Waals surface area contributed by atoms with E-state index in [4.69, 9.17) is 0 Å². The van der Waals surface area contributed by atoms with Gasteiger partial charge in [0, 0.05) is 16.5 Å². The molecule has 0 bridgehead atoms. The largest absolute Gasteiger partial charge is 0.504 e. The van der Waals surface area contributed by atoms with E-state index in [2.05, 4.69) is 13.8 Å². The maximum Gasteiger partial charge on any atom is 0.200 e. The average molecular weight is 356 g/mol. The lowest BCUT2D eigenvalue weighted by atomic mass is 9.72. The molecule has 2 aromatic rings. The fraction of sp³-hybridized carbons (Fsp3) is 0.429. The summed E-state index contributed by atoms with van der Waals surface area (Å²) in [6.07, 6.45) is 1.24. The molecule has 5 heteroatoms. The van der Waals surface area contributed by atoms with Crippen LogP contribution in [0.1, 0.15) is 62.8 Å². The fourth-order valence-electron chi connectivity index (χ4n) is 5.59. The summed E-state index contributed by atoms with van der Waals surface area (Å²) in [5.74, 6) is -1.55. The molecule has 0 amide bonds. The van der Waals surface area contributed by atoms with Crippen LogP contribution in [0.25, 0.3) is 0 Å². The summed E-state index contributed by atoms with van der Waals surface area (Å²) in [5, 5.41) is 51.6. The Kier molecular flexibility index (Phi) is 2.98. The SMILES string of the molecule is CC1(C)C[C@]2(CC(C)(C)c3c2cc(O)c(O)c3O)c2c1ccc(O)c2O. The fourth-order valence-corrected chi connectivity index (χ4v) is 5.59. The number of aromatic hydroxyl groups is 5. The van der Waals surface area contributed by atoms with Crippen molar-refractivity contribution in [1.82, 2.24) is 0 Å². The van der Waals surface area contributed by atoms with Gasteiger partial charge in [-0.2, -0.15) is 0 Å². The van der Waals surface area contributed by atoms with Crippen molar-refractivity contribution < 1.29 is 25.5 Å². The first kappa shape index (κ1) is 16.9. The molecule has 0 saturated carbocycles. The zero-order valence-electron chi connectivity index (χ0n) is 15.4. The first-order chi connectivity index (χ1) is 11.9. The zero-order chi connectivity index (χ0) is 19.2. The van der Waals surface area contributed by atoms with Crippen molar-refractivity contribution in [3.05, 3.63) is 40.5 Å². The Morgan fingerprint density at radius 1 is 0.654 bits per heavy atom. The predicted octanol–water partition coefficient (Wildman–Crippen LogP) is 3.86. The first-order valence-corrected chi connectivity index (χ1v) is 8.77. The monoisotopic (exact) mass is 356 g/mol. The highest BCUT2D eigenvalue weighted by atomic mass is 16.3. The molecule has 0 saturated heterocycles. The Morgan fingerprint density at radius 2 is 1.27 bits per heavy atom. The van der Waals surface area contributed by atoms with Gasteiger partial charge in [0.05, 0.1) is 0 Å². The van der Waals surface area contributed by atoms with Gasteiger partial charge in [-0.05, 0) is 46.9 Å². The maximum absolute atomic E-state index is 10.7. The summed E-state index contributed by atoms with van der Waals surface area (Å²) in [7, 11) is 0. The first-order valence-electron chi connectivity index (χ1n) is 8.77. The van der Waals surface area contributed by atoms with Crippen molar-refractivity contribution in [3.63, 3.8) is 0 Å². The third kappa shape index (κ3) is 1.81. The molecule has 26 heavy (non-hydrogen) atoms. The van der Waals surface area contributed by atoms with Crippen LogP contribution in [0, 0.1) is 0 Å². The second kappa shape index (κ2) is 4.58. The molecule has 2 aromatic carbocycles. The van der Waals surface area contributed by atoms with Crippen LogP contribution in [0.2, 0.25) is 0 Å². The minimum Gasteiger partial charge on any atom is -0.504 e. The van der Waals surface area contributed by atoms with E-state index >= 15 is 0 Å². The molecule has 5 N–H and O–H groups in total. The van der Waals surface area contributed by atoms with E-state index in [0.29, 0.717) is 29.5 Å². The molecule has 2 aliphatic rings. The zero-order valence-corrected chi connectivity index (χ0v) is 15.4. The normalized spacial score (nSPS) is 24.6. The van der Waals surface area contributed by atoms with E-state index < -0.39 is 16.6 Å². The third-order valence-electron chi connectivity index (χ3n) is 6.30. The van der Waals surface area contributed by atoms with Gasteiger partial charge in [0.2, 0.25) is 5.75 Å². The molecule has 4 rings (SSSR count). The highest BCUT2D eigenvalue weighted by Gasteiger charge is 2.59. The topological polar surface area (TPSA) is 101 Å². The van der Waals surface area contributed by atoms with Crippen molar-refractivity contribution in [2.24, 2.45) is 0 Å². The molecule has 138 valence electrons. The van der Waals surface area contributed by atoms with Crippen LogP contribution in [0.15, 0.2) is 18.2 Å².